The van der Waals surface area contributed by atoms with Crippen molar-refractivity contribution in [3.05, 3.63) is 27.8 Å². The molecule has 1 unspecified atom stereocenters. The average molecular weight is 372 g/mol. The van der Waals surface area contributed by atoms with Crippen molar-refractivity contribution in [2.45, 2.75) is 26.3 Å². The van der Waals surface area contributed by atoms with Crippen LogP contribution in [0.25, 0.3) is 0 Å². The van der Waals surface area contributed by atoms with Crippen LogP contribution in [0.5, 0.6) is 0 Å². The Kier molecular flexibility index (Phi) is 4.44. The van der Waals surface area contributed by atoms with E-state index in [1.54, 1.807) is 4.90 Å². The predicted octanol–water partition coefficient (Wildman–Crippen LogP) is 2.17. The Morgan fingerprint density at radius 3 is 2.79 bits per heavy atom. The van der Waals surface area contributed by atoms with Gasteiger partial charge in [-0.05, 0) is 53.1 Å². The highest BCUT2D eigenvalue weighted by Crippen LogP contribution is 2.21. The molecule has 4 nitrogen and oxygen atoms in total. The van der Waals surface area contributed by atoms with Gasteiger partial charge in [-0.25, -0.2) is 0 Å². The highest BCUT2D eigenvalue weighted by molar-refractivity contribution is 14.1. The fourth-order valence-electron chi connectivity index (χ4n) is 2.21. The molecule has 1 aromatic carbocycles. The van der Waals surface area contributed by atoms with E-state index in [9.17, 15) is 9.59 Å². The SMILES string of the molecule is CC(C)CC1NC(=O)CN(c2cccc(I)c2)C1=O. The van der Waals surface area contributed by atoms with E-state index in [0.717, 1.165) is 9.26 Å². The number of halogens is 1. The van der Waals surface area contributed by atoms with Crippen LogP contribution in [-0.4, -0.2) is 24.4 Å². The molecule has 5 heteroatoms. The van der Waals surface area contributed by atoms with Gasteiger partial charge in [0.1, 0.15) is 12.6 Å². The summed E-state index contributed by atoms with van der Waals surface area (Å²) >= 11 is 2.20. The first-order valence-electron chi connectivity index (χ1n) is 6.33. The van der Waals surface area contributed by atoms with Gasteiger partial charge in [0.15, 0.2) is 0 Å². The molecule has 0 aliphatic carbocycles. The number of rotatable bonds is 3. The molecule has 2 rings (SSSR count). The zero-order valence-electron chi connectivity index (χ0n) is 11.0. The van der Waals surface area contributed by atoms with E-state index in [1.807, 2.05) is 38.1 Å². The molecule has 1 atom stereocenters. The first-order valence-corrected chi connectivity index (χ1v) is 7.41. The number of carbonyl (C=O) groups excluding carboxylic acids is 2. The number of hydrogen-bond acceptors (Lipinski definition) is 2. The number of piperazine rings is 1. The van der Waals surface area contributed by atoms with Crippen LogP contribution in [0.15, 0.2) is 24.3 Å². The van der Waals surface area contributed by atoms with Gasteiger partial charge in [0, 0.05) is 9.26 Å². The summed E-state index contributed by atoms with van der Waals surface area (Å²) in [6.45, 7) is 4.20. The Balaban J connectivity index is 2.24. The van der Waals surface area contributed by atoms with Crippen molar-refractivity contribution in [3.8, 4) is 0 Å². The molecule has 0 saturated carbocycles. The van der Waals surface area contributed by atoms with E-state index in [0.29, 0.717) is 12.3 Å². The maximum Gasteiger partial charge on any atom is 0.250 e. The molecule has 1 saturated heterocycles. The van der Waals surface area contributed by atoms with E-state index in [1.165, 1.54) is 0 Å². The number of amides is 2. The molecule has 1 N–H and O–H groups in total. The summed E-state index contributed by atoms with van der Waals surface area (Å²) in [7, 11) is 0. The van der Waals surface area contributed by atoms with Crippen molar-refractivity contribution >= 4 is 40.1 Å². The molecule has 1 aromatic rings. The van der Waals surface area contributed by atoms with Gasteiger partial charge in [0.2, 0.25) is 11.8 Å². The van der Waals surface area contributed by atoms with Gasteiger partial charge in [-0.15, -0.1) is 0 Å². The third-order valence-corrected chi connectivity index (χ3v) is 3.70. The second kappa shape index (κ2) is 5.90. The molecule has 1 heterocycles. The third-order valence-electron chi connectivity index (χ3n) is 3.03. The second-order valence-electron chi connectivity index (χ2n) is 5.15. The van der Waals surface area contributed by atoms with Crippen LogP contribution in [0.2, 0.25) is 0 Å². The molecular weight excluding hydrogens is 355 g/mol. The molecular formula is C14H17IN2O2. The summed E-state index contributed by atoms with van der Waals surface area (Å²) in [6.07, 6.45) is 0.672. The van der Waals surface area contributed by atoms with Gasteiger partial charge in [-0.3, -0.25) is 9.59 Å². The van der Waals surface area contributed by atoms with E-state index in [-0.39, 0.29) is 18.4 Å². The van der Waals surface area contributed by atoms with Crippen LogP contribution < -0.4 is 10.2 Å². The van der Waals surface area contributed by atoms with E-state index < -0.39 is 6.04 Å². The molecule has 2 amide bonds. The summed E-state index contributed by atoms with van der Waals surface area (Å²) in [5.74, 6) is 0.254. The lowest BCUT2D eigenvalue weighted by molar-refractivity contribution is -0.131. The van der Waals surface area contributed by atoms with Gasteiger partial charge >= 0.3 is 0 Å². The normalized spacial score (nSPS) is 19.8. The van der Waals surface area contributed by atoms with Crippen molar-refractivity contribution in [3.63, 3.8) is 0 Å². The van der Waals surface area contributed by atoms with Crippen LogP contribution in [-0.2, 0) is 9.59 Å². The molecule has 102 valence electrons. The zero-order valence-corrected chi connectivity index (χ0v) is 13.2. The second-order valence-corrected chi connectivity index (χ2v) is 6.40. The highest BCUT2D eigenvalue weighted by atomic mass is 127. The van der Waals surface area contributed by atoms with Crippen LogP contribution in [0.1, 0.15) is 20.3 Å². The van der Waals surface area contributed by atoms with Crippen molar-refractivity contribution in [1.29, 1.82) is 0 Å². The Bertz CT molecular complexity index is 502. The molecule has 1 aliphatic rings. The number of anilines is 1. The molecule has 0 spiro atoms. The molecule has 1 aliphatic heterocycles. The van der Waals surface area contributed by atoms with Gasteiger partial charge in [-0.1, -0.05) is 19.9 Å². The molecule has 1 fully saturated rings. The molecule has 0 bridgehead atoms. The first kappa shape index (κ1) is 14.3. The molecule has 19 heavy (non-hydrogen) atoms. The van der Waals surface area contributed by atoms with Crippen molar-refractivity contribution < 1.29 is 9.59 Å². The van der Waals surface area contributed by atoms with Gasteiger partial charge < -0.3 is 10.2 Å². The summed E-state index contributed by atoms with van der Waals surface area (Å²) in [4.78, 5) is 25.8. The van der Waals surface area contributed by atoms with E-state index in [4.69, 9.17) is 0 Å². The van der Waals surface area contributed by atoms with Crippen LogP contribution in [0.4, 0.5) is 5.69 Å². The number of benzene rings is 1. The summed E-state index contributed by atoms with van der Waals surface area (Å²) in [5.41, 5.74) is 0.792. The van der Waals surface area contributed by atoms with E-state index in [2.05, 4.69) is 27.9 Å². The Morgan fingerprint density at radius 1 is 1.42 bits per heavy atom. The van der Waals surface area contributed by atoms with Gasteiger partial charge in [-0.2, -0.15) is 0 Å². The lowest BCUT2D eigenvalue weighted by atomic mass is 10.0. The van der Waals surface area contributed by atoms with Gasteiger partial charge in [0.05, 0.1) is 0 Å². The number of nitrogens with one attached hydrogen (secondary N) is 1. The monoisotopic (exact) mass is 372 g/mol. The van der Waals surface area contributed by atoms with Crippen molar-refractivity contribution in [1.82, 2.24) is 5.32 Å². The van der Waals surface area contributed by atoms with Crippen LogP contribution in [0, 0.1) is 9.49 Å². The maximum absolute atomic E-state index is 12.4. The summed E-state index contributed by atoms with van der Waals surface area (Å²) in [5, 5.41) is 2.78. The maximum atomic E-state index is 12.4. The smallest absolute Gasteiger partial charge is 0.250 e. The summed E-state index contributed by atoms with van der Waals surface area (Å²) in [6, 6.07) is 7.24. The zero-order chi connectivity index (χ0) is 14.0. The first-order chi connectivity index (χ1) is 8.97. The van der Waals surface area contributed by atoms with Crippen molar-refractivity contribution in [2.24, 2.45) is 5.92 Å². The topological polar surface area (TPSA) is 49.4 Å². The minimum absolute atomic E-state index is 0.0182. The number of nitrogens with zero attached hydrogens (tertiary/aromatic N) is 1. The lowest BCUT2D eigenvalue weighted by Crippen LogP contribution is -2.58. The van der Waals surface area contributed by atoms with Crippen molar-refractivity contribution in [2.75, 3.05) is 11.4 Å². The van der Waals surface area contributed by atoms with Crippen LogP contribution >= 0.6 is 22.6 Å². The predicted molar refractivity (Wildman–Crippen MR) is 82.9 cm³/mol. The fraction of sp³-hybridized carbons (Fsp3) is 0.429. The minimum atomic E-state index is -0.404. The lowest BCUT2D eigenvalue weighted by Gasteiger charge is -2.33. The minimum Gasteiger partial charge on any atom is -0.343 e. The standard InChI is InChI=1S/C14H17IN2O2/c1-9(2)6-12-14(19)17(8-13(18)16-12)11-5-3-4-10(15)7-11/h3-5,7,9,12H,6,8H2,1-2H3,(H,16,18). The number of carbonyl (C=O) groups is 2. The van der Waals surface area contributed by atoms with E-state index >= 15 is 0 Å². The number of hydrogen-bond donors (Lipinski definition) is 1. The molecule has 0 aromatic heterocycles. The summed E-state index contributed by atoms with van der Waals surface area (Å²) < 4.78 is 1.05. The fourth-order valence-corrected chi connectivity index (χ4v) is 2.73. The Morgan fingerprint density at radius 2 is 2.16 bits per heavy atom. The third kappa shape index (κ3) is 3.46. The Labute approximate surface area is 126 Å². The highest BCUT2D eigenvalue weighted by Gasteiger charge is 2.33. The van der Waals surface area contributed by atoms with Gasteiger partial charge in [0.25, 0.3) is 0 Å². The largest absolute Gasteiger partial charge is 0.343 e. The average Bonchev–Trinajstić information content (AvgIpc) is 2.32. The quantitative estimate of drug-likeness (QED) is 0.827. The van der Waals surface area contributed by atoms with Crippen LogP contribution in [0.3, 0.4) is 0 Å². The Hall–Kier alpha value is -1.11. The molecule has 0 radical (unpaired) electrons.